The van der Waals surface area contributed by atoms with Gasteiger partial charge in [0.05, 0.1) is 0 Å². The molecule has 0 rings (SSSR count). The Morgan fingerprint density at radius 2 is 2.17 bits per heavy atom. The van der Waals surface area contributed by atoms with Gasteiger partial charge in [0.15, 0.2) is 0 Å². The molecule has 1 nitrogen and oxygen atoms in total. The van der Waals surface area contributed by atoms with E-state index in [-0.39, 0.29) is 52.8 Å². The fourth-order valence-electron chi connectivity index (χ4n) is 0.118. The van der Waals surface area contributed by atoms with Gasteiger partial charge >= 0.3 is 51.4 Å². The molecule has 34 valence electrons. The van der Waals surface area contributed by atoms with Gasteiger partial charge in [0.2, 0.25) is 0 Å². The van der Waals surface area contributed by atoms with E-state index in [1.165, 1.54) is 0 Å². The van der Waals surface area contributed by atoms with Gasteiger partial charge in [-0.25, -0.2) is 0 Å². The number of rotatable bonds is 2. The van der Waals surface area contributed by atoms with E-state index in [2.05, 4.69) is 9.24 Å². The molecule has 1 unspecified atom stereocenters. The van der Waals surface area contributed by atoms with Crippen molar-refractivity contribution in [3.8, 4) is 0 Å². The van der Waals surface area contributed by atoms with Gasteiger partial charge in [0, 0.05) is 0 Å². The predicted octanol–water partition coefficient (Wildman–Crippen LogP) is -2.67. The molecule has 0 aliphatic heterocycles. The van der Waals surface area contributed by atoms with Crippen LogP contribution in [-0.2, 0) is 0 Å². The summed E-state index contributed by atoms with van der Waals surface area (Å²) in [4.78, 5) is 0. The van der Waals surface area contributed by atoms with Crippen molar-refractivity contribution in [3.05, 3.63) is 0 Å². The summed E-state index contributed by atoms with van der Waals surface area (Å²) in [6.45, 7) is 0.823. The van der Waals surface area contributed by atoms with E-state index in [0.717, 1.165) is 19.1 Å². The van der Waals surface area contributed by atoms with Crippen LogP contribution in [0.4, 0.5) is 0 Å². The molecule has 0 aliphatic carbocycles. The predicted molar refractivity (Wildman–Crippen MR) is 29.4 cm³/mol. The summed E-state index contributed by atoms with van der Waals surface area (Å²) >= 11 is 0. The number of hydrogen-bond donors (Lipinski definition) is 1. The summed E-state index contributed by atoms with van der Waals surface area (Å²) in [6, 6.07) is 0. The van der Waals surface area contributed by atoms with Crippen LogP contribution in [0, 0.1) is 0 Å². The molecule has 3 heteroatoms. The molecular formula is C3H11KNP. The van der Waals surface area contributed by atoms with Crippen molar-refractivity contribution in [3.63, 3.8) is 0 Å². The van der Waals surface area contributed by atoms with Gasteiger partial charge in [0.1, 0.15) is 0 Å². The van der Waals surface area contributed by atoms with Crippen molar-refractivity contribution in [2.24, 2.45) is 5.73 Å². The van der Waals surface area contributed by atoms with Crippen molar-refractivity contribution in [1.82, 2.24) is 0 Å². The maximum atomic E-state index is 5.13. The fourth-order valence-corrected chi connectivity index (χ4v) is 0.354. The maximum Gasteiger partial charge on any atom is 1.00 e. The van der Waals surface area contributed by atoms with Crippen LogP contribution < -0.4 is 57.1 Å². The van der Waals surface area contributed by atoms with Gasteiger partial charge in [-0.1, -0.05) is 0 Å². The summed E-state index contributed by atoms with van der Waals surface area (Å²) < 4.78 is 0. The second-order valence-electron chi connectivity index (χ2n) is 0.931. The van der Waals surface area contributed by atoms with E-state index in [0.29, 0.717) is 0 Å². The average molecular weight is 131 g/mol. The Labute approximate surface area is 85.5 Å². The molecule has 0 heterocycles. The van der Waals surface area contributed by atoms with Crippen LogP contribution in [0.5, 0.6) is 0 Å². The van der Waals surface area contributed by atoms with E-state index < -0.39 is 0 Å². The van der Waals surface area contributed by atoms with Crippen LogP contribution in [0.2, 0.25) is 0 Å². The third-order valence-electron chi connectivity index (χ3n) is 0.408. The van der Waals surface area contributed by atoms with E-state index >= 15 is 0 Å². The molecule has 1 atom stereocenters. The van der Waals surface area contributed by atoms with Crippen molar-refractivity contribution in [2.75, 3.05) is 12.7 Å². The van der Waals surface area contributed by atoms with Crippen LogP contribution in [0.3, 0.4) is 0 Å². The quantitative estimate of drug-likeness (QED) is 0.321. The Kier molecular flexibility index (Phi) is 18.4. The molecule has 0 aliphatic rings. The van der Waals surface area contributed by atoms with Gasteiger partial charge in [-0.15, -0.1) is 9.24 Å². The first-order valence-corrected chi connectivity index (χ1v) is 2.63. The van der Waals surface area contributed by atoms with Gasteiger partial charge in [-0.3, -0.25) is 0 Å². The first-order chi connectivity index (χ1) is 2.41. The van der Waals surface area contributed by atoms with Gasteiger partial charge in [0.25, 0.3) is 0 Å². The molecule has 0 bridgehead atoms. The van der Waals surface area contributed by atoms with Crippen LogP contribution in [-0.4, -0.2) is 12.7 Å². The minimum Gasteiger partial charge on any atom is -1.00 e. The van der Waals surface area contributed by atoms with E-state index in [1.807, 2.05) is 0 Å². The minimum absolute atomic E-state index is 0. The monoisotopic (exact) mass is 131 g/mol. The van der Waals surface area contributed by atoms with Crippen molar-refractivity contribution < 1.29 is 52.8 Å². The zero-order valence-corrected chi connectivity index (χ0v) is 8.55. The molecule has 0 fully saturated rings. The number of hydrogen-bond acceptors (Lipinski definition) is 1. The Morgan fingerprint density at radius 1 is 1.67 bits per heavy atom. The van der Waals surface area contributed by atoms with E-state index in [4.69, 9.17) is 5.73 Å². The molecule has 6 heavy (non-hydrogen) atoms. The largest absolute Gasteiger partial charge is 1.00 e. The normalized spacial score (nSPS) is 7.00. The van der Waals surface area contributed by atoms with Gasteiger partial charge in [-0.05, 0) is 19.1 Å². The summed E-state index contributed by atoms with van der Waals surface area (Å²) in [5, 5.41) is 0. The van der Waals surface area contributed by atoms with Crippen molar-refractivity contribution in [2.45, 2.75) is 6.42 Å². The molecule has 0 saturated carbocycles. The van der Waals surface area contributed by atoms with Gasteiger partial charge < -0.3 is 7.16 Å². The smallest absolute Gasteiger partial charge is 1.00 e. The molecule has 2 N–H and O–H groups in total. The average Bonchev–Trinajstić information content (AvgIpc) is 1.41. The van der Waals surface area contributed by atoms with E-state index in [1.54, 1.807) is 0 Å². The van der Waals surface area contributed by atoms with Crippen LogP contribution in [0.1, 0.15) is 7.85 Å². The molecule has 0 saturated heterocycles. The minimum atomic E-state index is 0. The van der Waals surface area contributed by atoms with Crippen molar-refractivity contribution >= 4 is 9.24 Å². The zero-order chi connectivity index (χ0) is 4.12. The van der Waals surface area contributed by atoms with Crippen LogP contribution >= 0.6 is 9.24 Å². The standard InChI is InChI=1S/C3H10NP.K.H/c4-2-1-3-5;;/h1-5H2;;/q;+1;-1. The first-order valence-electron chi connectivity index (χ1n) is 1.82. The summed E-state index contributed by atoms with van der Waals surface area (Å²) in [5.41, 5.74) is 5.13. The summed E-state index contributed by atoms with van der Waals surface area (Å²) in [5.74, 6) is 0. The molecule has 0 aromatic carbocycles. The topological polar surface area (TPSA) is 26.0 Å². The molecule has 0 radical (unpaired) electrons. The summed E-state index contributed by atoms with van der Waals surface area (Å²) in [6.07, 6.45) is 2.27. The molecule has 0 amide bonds. The third kappa shape index (κ3) is 9.39. The Morgan fingerprint density at radius 3 is 2.17 bits per heavy atom. The second-order valence-corrected chi connectivity index (χ2v) is 1.51. The first kappa shape index (κ1) is 10.9. The molecule has 0 spiro atoms. The van der Waals surface area contributed by atoms with Crippen molar-refractivity contribution in [1.29, 1.82) is 0 Å². The zero-order valence-electron chi connectivity index (χ0n) is 5.28. The summed E-state index contributed by atoms with van der Waals surface area (Å²) in [7, 11) is 2.62. The fraction of sp³-hybridized carbons (Fsp3) is 1.00. The van der Waals surface area contributed by atoms with Gasteiger partial charge in [-0.2, -0.15) is 0 Å². The molecule has 0 aromatic heterocycles. The third-order valence-corrected chi connectivity index (χ3v) is 0.816. The molecule has 0 aromatic rings. The Bertz CT molecular complexity index is 22.4. The SMILES string of the molecule is NCCCP.[H-].[K+]. The van der Waals surface area contributed by atoms with E-state index in [9.17, 15) is 0 Å². The maximum absolute atomic E-state index is 5.13. The van der Waals surface area contributed by atoms with Crippen LogP contribution in [0.25, 0.3) is 0 Å². The Balaban J connectivity index is -0.0000000800. The Hall–Kier alpha value is 2.03. The van der Waals surface area contributed by atoms with Crippen LogP contribution in [0.15, 0.2) is 0 Å². The number of nitrogens with two attached hydrogens (primary N) is 1. The molecular weight excluding hydrogens is 120 g/mol. The second kappa shape index (κ2) is 10.1.